The summed E-state index contributed by atoms with van der Waals surface area (Å²) in [6.45, 7) is 0. The molecule has 1 N–H and O–H groups in total. The fourth-order valence-electron chi connectivity index (χ4n) is 1.38. The van der Waals surface area contributed by atoms with Crippen LogP contribution < -0.4 is 5.32 Å². The molecule has 23 heavy (non-hydrogen) atoms. The van der Waals surface area contributed by atoms with E-state index in [1.807, 2.05) is 0 Å². The normalized spacial score (nSPS) is 14.4. The Bertz CT molecular complexity index is 724. The molecule has 5 nitrogen and oxygen atoms in total. The van der Waals surface area contributed by atoms with E-state index in [0.717, 1.165) is 11.4 Å². The van der Waals surface area contributed by atoms with Crippen LogP contribution in [0.15, 0.2) is 22.7 Å². The zero-order chi connectivity index (χ0) is 18.2. The van der Waals surface area contributed by atoms with Gasteiger partial charge in [0, 0.05) is 8.04 Å². The van der Waals surface area contributed by atoms with E-state index in [0.29, 0.717) is 3.57 Å². The van der Waals surface area contributed by atoms with Gasteiger partial charge in [0.05, 0.1) is 5.56 Å². The number of amides is 1. The fourth-order valence-corrected chi connectivity index (χ4v) is 2.78. The van der Waals surface area contributed by atoms with E-state index in [1.165, 1.54) is 12.1 Å². The van der Waals surface area contributed by atoms with Crippen molar-refractivity contribution in [2.45, 2.75) is 17.5 Å². The smallest absolute Gasteiger partial charge is 0.415 e. The first-order chi connectivity index (χ1) is 10.2. The van der Waals surface area contributed by atoms with E-state index >= 15 is 0 Å². The van der Waals surface area contributed by atoms with Crippen molar-refractivity contribution >= 4 is 54.5 Å². The Labute approximate surface area is 148 Å². The third-order valence-electron chi connectivity index (χ3n) is 2.45. The Kier molecular flexibility index (Phi) is 6.02. The molecule has 1 atom stereocenters. The van der Waals surface area contributed by atoms with Crippen LogP contribution in [0.25, 0.3) is 0 Å². The van der Waals surface area contributed by atoms with Gasteiger partial charge in [-0.1, -0.05) is 0 Å². The second kappa shape index (κ2) is 6.76. The highest BCUT2D eigenvalue weighted by molar-refractivity contribution is 14.1. The molecule has 1 aromatic rings. The number of benzene rings is 1. The van der Waals surface area contributed by atoms with Gasteiger partial charge in [0.25, 0.3) is 5.91 Å². The second-order valence-electron chi connectivity index (χ2n) is 4.09. The molecule has 1 amide bonds. The third-order valence-corrected chi connectivity index (χ3v) is 4.71. The average Bonchev–Trinajstić information content (AvgIpc) is 2.35. The van der Waals surface area contributed by atoms with E-state index in [2.05, 4.69) is 15.9 Å². The lowest BCUT2D eigenvalue weighted by Crippen LogP contribution is -2.59. The maximum atomic E-state index is 13.3. The van der Waals surface area contributed by atoms with Gasteiger partial charge in [0.2, 0.25) is 6.04 Å². The van der Waals surface area contributed by atoms with Gasteiger partial charge in [-0.2, -0.15) is 22.0 Å². The zero-order valence-electron chi connectivity index (χ0n) is 10.5. The summed E-state index contributed by atoms with van der Waals surface area (Å²) in [5, 5.41) is -4.91. The number of hydrogen-bond donors (Lipinski definition) is 1. The molecule has 0 bridgehead atoms. The van der Waals surface area contributed by atoms with Gasteiger partial charge in [0.1, 0.15) is 0 Å². The minimum absolute atomic E-state index is 0.00959. The van der Waals surface area contributed by atoms with E-state index in [1.54, 1.807) is 22.6 Å². The molecule has 130 valence electrons. The van der Waals surface area contributed by atoms with Crippen molar-refractivity contribution in [3.63, 3.8) is 0 Å². The SMILES string of the molecule is O=C(NC(C(F)(F)F)C(F)(F)S(=O)(=O)[O-])c1cc(I)ccc1Br. The maximum Gasteiger partial charge on any atom is 0.415 e. The van der Waals surface area contributed by atoms with Crippen molar-refractivity contribution in [2.75, 3.05) is 0 Å². The molecule has 0 spiro atoms. The molecule has 0 heterocycles. The third kappa shape index (κ3) is 4.73. The molecule has 0 aliphatic rings. The van der Waals surface area contributed by atoms with Crippen molar-refractivity contribution in [1.82, 2.24) is 5.32 Å². The quantitative estimate of drug-likeness (QED) is 0.364. The van der Waals surface area contributed by atoms with Crippen molar-refractivity contribution in [3.8, 4) is 0 Å². The van der Waals surface area contributed by atoms with Gasteiger partial charge in [-0.15, -0.1) is 0 Å². The van der Waals surface area contributed by atoms with Crippen LogP contribution in [-0.2, 0) is 10.1 Å². The Morgan fingerprint density at radius 3 is 2.22 bits per heavy atom. The Balaban J connectivity index is 3.28. The van der Waals surface area contributed by atoms with Gasteiger partial charge in [-0.25, -0.2) is 8.42 Å². The van der Waals surface area contributed by atoms with Crippen LogP contribution >= 0.6 is 38.5 Å². The average molecular weight is 537 g/mol. The summed E-state index contributed by atoms with van der Waals surface area (Å²) in [6, 6.07) is -0.354. The predicted molar refractivity (Wildman–Crippen MR) is 78.8 cm³/mol. The molecule has 0 saturated heterocycles. The summed E-state index contributed by atoms with van der Waals surface area (Å²) in [6.07, 6.45) is -5.87. The van der Waals surface area contributed by atoms with Crippen LogP contribution in [0.3, 0.4) is 0 Å². The second-order valence-corrected chi connectivity index (χ2v) is 7.64. The molecule has 0 aromatic heterocycles. The van der Waals surface area contributed by atoms with Crippen LogP contribution in [0.1, 0.15) is 10.4 Å². The highest BCUT2D eigenvalue weighted by Gasteiger charge is 2.60. The first-order valence-electron chi connectivity index (χ1n) is 5.34. The number of carbonyl (C=O) groups is 1. The molecule has 0 aliphatic carbocycles. The van der Waals surface area contributed by atoms with Crippen LogP contribution in [-0.4, -0.2) is 36.4 Å². The van der Waals surface area contributed by atoms with E-state index < -0.39 is 39.1 Å². The largest absolute Gasteiger partial charge is 0.743 e. The molecule has 1 rings (SSSR count). The lowest BCUT2D eigenvalue weighted by Gasteiger charge is -2.30. The molecule has 0 aliphatic heterocycles. The Hall–Kier alpha value is -0.540. The van der Waals surface area contributed by atoms with Crippen molar-refractivity contribution in [3.05, 3.63) is 31.8 Å². The topological polar surface area (TPSA) is 86.3 Å². The lowest BCUT2D eigenvalue weighted by atomic mass is 10.2. The maximum absolute atomic E-state index is 13.3. The summed E-state index contributed by atoms with van der Waals surface area (Å²) in [5.74, 6) is -1.62. The lowest BCUT2D eigenvalue weighted by molar-refractivity contribution is -0.191. The minimum atomic E-state index is -6.66. The molecule has 13 heteroatoms. The van der Waals surface area contributed by atoms with Crippen LogP contribution in [0.5, 0.6) is 0 Å². The number of nitrogens with one attached hydrogen (secondary N) is 1. The summed E-state index contributed by atoms with van der Waals surface area (Å²) in [7, 11) is -6.66. The highest BCUT2D eigenvalue weighted by atomic mass is 127. The molecular formula is C10H5BrF5INO4S-. The molecular weight excluding hydrogens is 532 g/mol. The van der Waals surface area contributed by atoms with Crippen molar-refractivity contribution in [2.24, 2.45) is 0 Å². The predicted octanol–water partition coefficient (Wildman–Crippen LogP) is 2.85. The Morgan fingerprint density at radius 1 is 1.26 bits per heavy atom. The molecule has 1 aromatic carbocycles. The fraction of sp³-hybridized carbons (Fsp3) is 0.300. The Morgan fingerprint density at radius 2 is 1.78 bits per heavy atom. The van der Waals surface area contributed by atoms with Crippen molar-refractivity contribution < 1.29 is 39.7 Å². The zero-order valence-corrected chi connectivity index (χ0v) is 15.1. The molecule has 0 fully saturated rings. The summed E-state index contributed by atoms with van der Waals surface area (Å²) in [5.41, 5.74) is -0.440. The summed E-state index contributed by atoms with van der Waals surface area (Å²) in [4.78, 5) is 11.8. The standard InChI is InChI=1S/C10H6BrF5INO4S/c11-6-2-1-4(17)3-5(6)7(19)18-8(9(12,13)14)10(15,16)23(20,21)22/h1-3,8H,(H,18,19)(H,20,21,22)/p-1. The van der Waals surface area contributed by atoms with E-state index in [4.69, 9.17) is 0 Å². The van der Waals surface area contributed by atoms with Crippen LogP contribution in [0, 0.1) is 3.57 Å². The summed E-state index contributed by atoms with van der Waals surface area (Å²) >= 11 is 4.57. The molecule has 1 unspecified atom stereocenters. The molecule has 0 saturated carbocycles. The summed E-state index contributed by atoms with van der Waals surface area (Å²) < 4.78 is 96.3. The van der Waals surface area contributed by atoms with Crippen LogP contribution in [0.2, 0.25) is 0 Å². The van der Waals surface area contributed by atoms with E-state index in [9.17, 15) is 39.7 Å². The number of hydrogen-bond acceptors (Lipinski definition) is 4. The van der Waals surface area contributed by atoms with E-state index in [-0.39, 0.29) is 4.47 Å². The molecule has 0 radical (unpaired) electrons. The van der Waals surface area contributed by atoms with Gasteiger partial charge in [-0.05, 0) is 56.7 Å². The van der Waals surface area contributed by atoms with Gasteiger partial charge < -0.3 is 9.87 Å². The number of halogens is 7. The van der Waals surface area contributed by atoms with Crippen LogP contribution in [0.4, 0.5) is 22.0 Å². The first kappa shape index (κ1) is 20.5. The van der Waals surface area contributed by atoms with Gasteiger partial charge in [0.15, 0.2) is 10.1 Å². The monoisotopic (exact) mass is 536 g/mol. The van der Waals surface area contributed by atoms with Gasteiger partial charge >= 0.3 is 11.4 Å². The van der Waals surface area contributed by atoms with Gasteiger partial charge in [-0.3, -0.25) is 4.79 Å². The minimum Gasteiger partial charge on any atom is -0.743 e. The van der Waals surface area contributed by atoms with Crippen molar-refractivity contribution in [1.29, 1.82) is 0 Å². The number of alkyl halides is 5. The number of carbonyl (C=O) groups excluding carboxylic acids is 1. The first-order valence-corrected chi connectivity index (χ1v) is 8.62. The number of rotatable bonds is 4. The highest BCUT2D eigenvalue weighted by Crippen LogP contribution is 2.36.